The molecule has 0 amide bonds. The first kappa shape index (κ1) is 11.4. The van der Waals surface area contributed by atoms with Gasteiger partial charge in [-0.15, -0.1) is 0 Å². The van der Waals surface area contributed by atoms with Crippen molar-refractivity contribution in [3.05, 3.63) is 46.1 Å². The molecule has 0 aliphatic carbocycles. The Labute approximate surface area is 94.7 Å². The molecule has 1 aromatic rings. The lowest BCUT2D eigenvalue weighted by atomic mass is 10.1. The highest BCUT2D eigenvalue weighted by Gasteiger charge is 2.08. The third-order valence-electron chi connectivity index (χ3n) is 1.89. The van der Waals surface area contributed by atoms with Gasteiger partial charge in [0.25, 0.3) is 0 Å². The molecule has 0 bridgehead atoms. The fraction of sp³-hybridized carbons (Fsp3) is 0.273. The van der Waals surface area contributed by atoms with Gasteiger partial charge in [0.05, 0.1) is 0 Å². The molecule has 3 heteroatoms. The minimum atomic E-state index is 0.150. The van der Waals surface area contributed by atoms with E-state index < -0.39 is 0 Å². The summed E-state index contributed by atoms with van der Waals surface area (Å²) in [5.41, 5.74) is 1.95. The van der Waals surface area contributed by atoms with Crippen molar-refractivity contribution >= 4 is 23.2 Å². The molecule has 0 radical (unpaired) electrons. The molecular formula is C11H13Cl2N. The van der Waals surface area contributed by atoms with E-state index >= 15 is 0 Å². The van der Waals surface area contributed by atoms with Crippen molar-refractivity contribution in [1.82, 2.24) is 5.32 Å². The van der Waals surface area contributed by atoms with Crippen molar-refractivity contribution in [2.24, 2.45) is 0 Å². The van der Waals surface area contributed by atoms with Crippen molar-refractivity contribution < 1.29 is 0 Å². The first-order valence-corrected chi connectivity index (χ1v) is 5.13. The normalized spacial score (nSPS) is 12.3. The summed E-state index contributed by atoms with van der Waals surface area (Å²) in [5.74, 6) is 0. The van der Waals surface area contributed by atoms with Gasteiger partial charge < -0.3 is 5.32 Å². The van der Waals surface area contributed by atoms with E-state index in [1.54, 1.807) is 6.07 Å². The topological polar surface area (TPSA) is 12.0 Å². The minimum absolute atomic E-state index is 0.150. The predicted molar refractivity (Wildman–Crippen MR) is 62.8 cm³/mol. The first-order valence-electron chi connectivity index (χ1n) is 4.37. The van der Waals surface area contributed by atoms with E-state index in [1.807, 2.05) is 26.0 Å². The van der Waals surface area contributed by atoms with Crippen LogP contribution in [0.25, 0.3) is 0 Å². The second-order valence-electron chi connectivity index (χ2n) is 3.31. The van der Waals surface area contributed by atoms with E-state index in [4.69, 9.17) is 23.2 Å². The molecule has 0 aliphatic heterocycles. The van der Waals surface area contributed by atoms with Crippen LogP contribution in [0.5, 0.6) is 0 Å². The van der Waals surface area contributed by atoms with Gasteiger partial charge in [-0.3, -0.25) is 0 Å². The molecular weight excluding hydrogens is 217 g/mol. The Kier molecular flexibility index (Phi) is 3.85. The summed E-state index contributed by atoms with van der Waals surface area (Å²) in [5, 5.41) is 4.53. The van der Waals surface area contributed by atoms with Crippen LogP contribution < -0.4 is 5.32 Å². The minimum Gasteiger partial charge on any atom is -0.382 e. The Morgan fingerprint density at radius 2 is 2.07 bits per heavy atom. The molecule has 0 saturated carbocycles. The third kappa shape index (κ3) is 2.93. The Morgan fingerprint density at radius 1 is 1.43 bits per heavy atom. The predicted octanol–water partition coefficient (Wildman–Crippen LogP) is 4.18. The molecule has 76 valence electrons. The van der Waals surface area contributed by atoms with E-state index in [-0.39, 0.29) is 6.04 Å². The Balaban J connectivity index is 2.90. The second-order valence-corrected chi connectivity index (χ2v) is 4.16. The van der Waals surface area contributed by atoms with E-state index in [1.165, 1.54) is 0 Å². The average Bonchev–Trinajstić information content (AvgIpc) is 2.01. The van der Waals surface area contributed by atoms with Gasteiger partial charge in [-0.1, -0.05) is 35.8 Å². The zero-order valence-electron chi connectivity index (χ0n) is 8.27. The quantitative estimate of drug-likeness (QED) is 0.821. The van der Waals surface area contributed by atoms with Crippen LogP contribution in [0.3, 0.4) is 0 Å². The van der Waals surface area contributed by atoms with Crippen LogP contribution in [-0.2, 0) is 0 Å². The molecule has 14 heavy (non-hydrogen) atoms. The second kappa shape index (κ2) is 4.72. The number of rotatable bonds is 3. The molecule has 1 unspecified atom stereocenters. The Bertz CT molecular complexity index is 347. The van der Waals surface area contributed by atoms with Gasteiger partial charge >= 0.3 is 0 Å². The number of hydrogen-bond donors (Lipinski definition) is 1. The van der Waals surface area contributed by atoms with E-state index in [0.717, 1.165) is 11.3 Å². The van der Waals surface area contributed by atoms with Crippen molar-refractivity contribution in [3.63, 3.8) is 0 Å². The first-order chi connectivity index (χ1) is 6.50. The summed E-state index contributed by atoms with van der Waals surface area (Å²) in [6.07, 6.45) is 0. The molecule has 1 nitrogen and oxygen atoms in total. The molecule has 1 rings (SSSR count). The van der Waals surface area contributed by atoms with E-state index in [9.17, 15) is 0 Å². The summed E-state index contributed by atoms with van der Waals surface area (Å²) in [7, 11) is 0. The van der Waals surface area contributed by atoms with Crippen LogP contribution in [-0.4, -0.2) is 0 Å². The zero-order valence-corrected chi connectivity index (χ0v) is 9.78. The van der Waals surface area contributed by atoms with Gasteiger partial charge in [0, 0.05) is 21.8 Å². The number of allylic oxidation sites excluding steroid dienone is 1. The van der Waals surface area contributed by atoms with Crippen molar-refractivity contribution in [2.75, 3.05) is 0 Å². The van der Waals surface area contributed by atoms with E-state index in [0.29, 0.717) is 10.0 Å². The SMILES string of the molecule is C=C(C)NC(C)c1ccc(Cl)cc1Cl. The highest BCUT2D eigenvalue weighted by atomic mass is 35.5. The van der Waals surface area contributed by atoms with Crippen LogP contribution in [0.15, 0.2) is 30.5 Å². The van der Waals surface area contributed by atoms with Crippen molar-refractivity contribution in [1.29, 1.82) is 0 Å². The maximum Gasteiger partial charge on any atom is 0.0497 e. The van der Waals surface area contributed by atoms with Gasteiger partial charge in [0.15, 0.2) is 0 Å². The Morgan fingerprint density at radius 3 is 2.57 bits per heavy atom. The van der Waals surface area contributed by atoms with Gasteiger partial charge in [0.1, 0.15) is 0 Å². The fourth-order valence-electron chi connectivity index (χ4n) is 1.30. The number of hydrogen-bond acceptors (Lipinski definition) is 1. The lowest BCUT2D eigenvalue weighted by molar-refractivity contribution is 0.656. The molecule has 0 heterocycles. The van der Waals surface area contributed by atoms with Gasteiger partial charge in [0.2, 0.25) is 0 Å². The molecule has 1 N–H and O–H groups in total. The summed E-state index contributed by atoms with van der Waals surface area (Å²) in [6, 6.07) is 5.65. The van der Waals surface area contributed by atoms with E-state index in [2.05, 4.69) is 11.9 Å². The monoisotopic (exact) mass is 229 g/mol. The fourth-order valence-corrected chi connectivity index (χ4v) is 1.87. The molecule has 0 saturated heterocycles. The summed E-state index contributed by atoms with van der Waals surface area (Å²) >= 11 is 11.9. The van der Waals surface area contributed by atoms with Crippen molar-refractivity contribution in [3.8, 4) is 0 Å². The number of benzene rings is 1. The standard InChI is InChI=1S/C11H13Cl2N/c1-7(2)14-8(3)10-5-4-9(12)6-11(10)13/h4-6,8,14H,1H2,2-3H3. The van der Waals surface area contributed by atoms with Crippen LogP contribution in [0, 0.1) is 0 Å². The number of nitrogens with one attached hydrogen (secondary N) is 1. The molecule has 0 fully saturated rings. The largest absolute Gasteiger partial charge is 0.382 e. The highest BCUT2D eigenvalue weighted by molar-refractivity contribution is 6.35. The molecule has 1 aromatic carbocycles. The smallest absolute Gasteiger partial charge is 0.0497 e. The lowest BCUT2D eigenvalue weighted by Crippen LogP contribution is -2.15. The van der Waals surface area contributed by atoms with Crippen LogP contribution >= 0.6 is 23.2 Å². The maximum absolute atomic E-state index is 6.05. The van der Waals surface area contributed by atoms with Gasteiger partial charge in [-0.2, -0.15) is 0 Å². The maximum atomic E-state index is 6.05. The number of halogens is 2. The van der Waals surface area contributed by atoms with Crippen molar-refractivity contribution in [2.45, 2.75) is 19.9 Å². The summed E-state index contributed by atoms with van der Waals surface area (Å²) < 4.78 is 0. The zero-order chi connectivity index (χ0) is 10.7. The summed E-state index contributed by atoms with van der Waals surface area (Å²) in [4.78, 5) is 0. The van der Waals surface area contributed by atoms with Crippen LogP contribution in [0.2, 0.25) is 10.0 Å². The molecule has 0 aliphatic rings. The molecule has 1 atom stereocenters. The van der Waals surface area contributed by atoms with Crippen LogP contribution in [0.1, 0.15) is 25.5 Å². The average molecular weight is 230 g/mol. The summed E-state index contributed by atoms with van der Waals surface area (Å²) in [6.45, 7) is 7.74. The highest BCUT2D eigenvalue weighted by Crippen LogP contribution is 2.26. The third-order valence-corrected chi connectivity index (χ3v) is 2.45. The Hall–Kier alpha value is -0.660. The lowest BCUT2D eigenvalue weighted by Gasteiger charge is -2.16. The van der Waals surface area contributed by atoms with Gasteiger partial charge in [-0.05, 0) is 31.5 Å². The molecule has 0 aromatic heterocycles. The molecule has 0 spiro atoms. The van der Waals surface area contributed by atoms with Crippen LogP contribution in [0.4, 0.5) is 0 Å². The van der Waals surface area contributed by atoms with Gasteiger partial charge in [-0.25, -0.2) is 0 Å².